The number of carbonyl (C=O) groups excluding carboxylic acids is 2. The Morgan fingerprint density at radius 1 is 1.44 bits per heavy atom. The van der Waals surface area contributed by atoms with Gasteiger partial charge >= 0.3 is 5.97 Å². The largest absolute Gasteiger partial charge is 0.468 e. The summed E-state index contributed by atoms with van der Waals surface area (Å²) in [6.07, 6.45) is 0. The summed E-state index contributed by atoms with van der Waals surface area (Å²) in [4.78, 5) is 22.7. The summed E-state index contributed by atoms with van der Waals surface area (Å²) in [5.41, 5.74) is -0.292. The monoisotopic (exact) mass is 221 g/mol. The quantitative estimate of drug-likeness (QED) is 0.438. The first kappa shape index (κ1) is 11.9. The highest BCUT2D eigenvalue weighted by Crippen LogP contribution is 2.13. The minimum Gasteiger partial charge on any atom is -0.468 e. The van der Waals surface area contributed by atoms with Gasteiger partial charge in [0.1, 0.15) is 5.82 Å². The lowest BCUT2D eigenvalue weighted by Gasteiger charge is -2.06. The van der Waals surface area contributed by atoms with Crippen LogP contribution in [0.5, 0.6) is 0 Å². The first-order valence-corrected chi connectivity index (χ1v) is 4.38. The molecule has 4 nitrogen and oxygen atoms in total. The number of hydrogen-bond donors (Lipinski definition) is 0. The molecule has 0 aliphatic heterocycles. The smallest absolute Gasteiger partial charge is 0.331 e. The number of rotatable bonds is 3. The number of ketones is 1. The van der Waals surface area contributed by atoms with Crippen molar-refractivity contribution in [3.8, 4) is 6.07 Å². The highest BCUT2D eigenvalue weighted by atomic mass is 19.1. The van der Waals surface area contributed by atoms with E-state index < -0.39 is 23.5 Å². The molecule has 0 heterocycles. The number of nitriles is 1. The van der Waals surface area contributed by atoms with Gasteiger partial charge < -0.3 is 4.74 Å². The van der Waals surface area contributed by atoms with Gasteiger partial charge in [-0.2, -0.15) is 5.26 Å². The van der Waals surface area contributed by atoms with Crippen LogP contribution in [0.25, 0.3) is 0 Å². The summed E-state index contributed by atoms with van der Waals surface area (Å²) in [5, 5.41) is 8.66. The number of hydrogen-bond acceptors (Lipinski definition) is 4. The Morgan fingerprint density at radius 3 is 2.56 bits per heavy atom. The Balaban J connectivity index is 3.07. The van der Waals surface area contributed by atoms with Crippen molar-refractivity contribution in [3.05, 3.63) is 35.6 Å². The third kappa shape index (κ3) is 2.23. The lowest BCUT2D eigenvalue weighted by molar-refractivity contribution is -0.141. The minimum atomic E-state index is -1.62. The van der Waals surface area contributed by atoms with E-state index in [9.17, 15) is 14.0 Å². The zero-order valence-electron chi connectivity index (χ0n) is 8.44. The van der Waals surface area contributed by atoms with Crippen LogP contribution < -0.4 is 0 Å². The molecule has 0 saturated heterocycles. The Morgan fingerprint density at radius 2 is 2.06 bits per heavy atom. The van der Waals surface area contributed by atoms with E-state index in [0.717, 1.165) is 13.2 Å². The predicted molar refractivity (Wildman–Crippen MR) is 51.8 cm³/mol. The minimum absolute atomic E-state index is 0.292. The number of esters is 1. The molecule has 82 valence electrons. The molecule has 16 heavy (non-hydrogen) atoms. The molecule has 0 fully saturated rings. The van der Waals surface area contributed by atoms with Crippen LogP contribution in [0.2, 0.25) is 0 Å². The Bertz CT molecular complexity index is 465. The first-order chi connectivity index (χ1) is 7.61. The fourth-order valence-electron chi connectivity index (χ4n) is 1.15. The maximum atomic E-state index is 13.2. The fourth-order valence-corrected chi connectivity index (χ4v) is 1.15. The molecule has 0 spiro atoms. The van der Waals surface area contributed by atoms with E-state index in [4.69, 9.17) is 5.26 Å². The van der Waals surface area contributed by atoms with Crippen LogP contribution in [-0.4, -0.2) is 18.9 Å². The molecule has 0 aliphatic carbocycles. The van der Waals surface area contributed by atoms with Gasteiger partial charge in [0, 0.05) is 0 Å². The lowest BCUT2D eigenvalue weighted by atomic mass is 9.99. The molecule has 1 aromatic rings. The summed E-state index contributed by atoms with van der Waals surface area (Å²) in [7, 11) is 1.06. The molecule has 1 rings (SSSR count). The number of ether oxygens (including phenoxy) is 1. The molecule has 0 amide bonds. The van der Waals surface area contributed by atoms with Crippen molar-refractivity contribution in [3.63, 3.8) is 0 Å². The first-order valence-electron chi connectivity index (χ1n) is 4.38. The van der Waals surface area contributed by atoms with Crippen molar-refractivity contribution in [1.29, 1.82) is 5.26 Å². The summed E-state index contributed by atoms with van der Waals surface area (Å²) in [5.74, 6) is -4.28. The molecule has 5 heteroatoms. The number of methoxy groups -OCH3 is 1. The maximum Gasteiger partial charge on any atom is 0.331 e. The third-order valence-electron chi connectivity index (χ3n) is 1.97. The van der Waals surface area contributed by atoms with Gasteiger partial charge in [0.15, 0.2) is 5.78 Å². The Hall–Kier alpha value is -2.22. The SMILES string of the molecule is COC(=O)[C@H](C#N)C(=O)c1ccccc1F. The zero-order chi connectivity index (χ0) is 12.1. The van der Waals surface area contributed by atoms with Crippen LogP contribution in [0.3, 0.4) is 0 Å². The highest BCUT2D eigenvalue weighted by Gasteiger charge is 2.29. The van der Waals surface area contributed by atoms with Gasteiger partial charge in [-0.3, -0.25) is 9.59 Å². The van der Waals surface area contributed by atoms with E-state index in [1.54, 1.807) is 0 Å². The fraction of sp³-hybridized carbons (Fsp3) is 0.182. The zero-order valence-corrected chi connectivity index (χ0v) is 8.44. The third-order valence-corrected chi connectivity index (χ3v) is 1.97. The molecule has 0 radical (unpaired) electrons. The summed E-state index contributed by atoms with van der Waals surface area (Å²) < 4.78 is 17.5. The van der Waals surface area contributed by atoms with Crippen molar-refractivity contribution < 1.29 is 18.7 Å². The van der Waals surface area contributed by atoms with Crippen molar-refractivity contribution in [2.75, 3.05) is 7.11 Å². The van der Waals surface area contributed by atoms with Crippen molar-refractivity contribution in [1.82, 2.24) is 0 Å². The van der Waals surface area contributed by atoms with Crippen LogP contribution in [0.15, 0.2) is 24.3 Å². The normalized spacial score (nSPS) is 11.3. The Labute approximate surface area is 91.3 Å². The number of carbonyl (C=O) groups is 2. The molecule has 1 atom stereocenters. The van der Waals surface area contributed by atoms with Gasteiger partial charge in [-0.15, -0.1) is 0 Å². The number of benzene rings is 1. The molecule has 0 saturated carbocycles. The summed E-state index contributed by atoms with van der Waals surface area (Å²) >= 11 is 0. The Kier molecular flexibility index (Phi) is 3.72. The highest BCUT2D eigenvalue weighted by molar-refractivity contribution is 6.10. The molecule has 0 aromatic heterocycles. The van der Waals surface area contributed by atoms with E-state index in [-0.39, 0.29) is 5.56 Å². The van der Waals surface area contributed by atoms with E-state index in [0.29, 0.717) is 0 Å². The molecule has 0 unspecified atom stereocenters. The van der Waals surface area contributed by atoms with Gasteiger partial charge in [-0.05, 0) is 12.1 Å². The standard InChI is InChI=1S/C11H8FNO3/c1-16-11(15)8(6-13)10(14)7-4-2-3-5-9(7)12/h2-5,8H,1H3/t8-/m1/s1. The molecular formula is C11H8FNO3. The van der Waals surface area contributed by atoms with Crippen LogP contribution in [0.1, 0.15) is 10.4 Å². The van der Waals surface area contributed by atoms with Crippen LogP contribution in [0, 0.1) is 23.1 Å². The van der Waals surface area contributed by atoms with Gasteiger partial charge in [-0.1, -0.05) is 12.1 Å². The van der Waals surface area contributed by atoms with Crippen LogP contribution in [-0.2, 0) is 9.53 Å². The van der Waals surface area contributed by atoms with E-state index in [1.165, 1.54) is 24.3 Å². The molecule has 0 bridgehead atoms. The second-order valence-corrected chi connectivity index (χ2v) is 2.93. The van der Waals surface area contributed by atoms with E-state index in [2.05, 4.69) is 4.74 Å². The average Bonchev–Trinajstić information content (AvgIpc) is 2.30. The van der Waals surface area contributed by atoms with Gasteiger partial charge in [0.2, 0.25) is 5.92 Å². The van der Waals surface area contributed by atoms with Crippen LogP contribution >= 0.6 is 0 Å². The lowest BCUT2D eigenvalue weighted by Crippen LogP contribution is -2.24. The van der Waals surface area contributed by atoms with Crippen LogP contribution in [0.4, 0.5) is 4.39 Å². The van der Waals surface area contributed by atoms with Gasteiger partial charge in [0.05, 0.1) is 18.7 Å². The second kappa shape index (κ2) is 5.03. The molecule has 1 aromatic carbocycles. The number of halogens is 1. The van der Waals surface area contributed by atoms with Crippen molar-refractivity contribution in [2.24, 2.45) is 5.92 Å². The molecule has 0 N–H and O–H groups in total. The number of Topliss-reactive ketones (excluding diaryl/α,β-unsaturated/α-hetero) is 1. The van der Waals surface area contributed by atoms with Gasteiger partial charge in [0.25, 0.3) is 0 Å². The molecule has 0 aliphatic rings. The number of nitrogens with zero attached hydrogens (tertiary/aromatic N) is 1. The summed E-state index contributed by atoms with van der Waals surface area (Å²) in [6.45, 7) is 0. The maximum absolute atomic E-state index is 13.2. The van der Waals surface area contributed by atoms with Gasteiger partial charge in [-0.25, -0.2) is 4.39 Å². The molecular weight excluding hydrogens is 213 g/mol. The van der Waals surface area contributed by atoms with E-state index >= 15 is 0 Å². The predicted octanol–water partition coefficient (Wildman–Crippen LogP) is 1.32. The van der Waals surface area contributed by atoms with Crippen molar-refractivity contribution >= 4 is 11.8 Å². The average molecular weight is 221 g/mol. The topological polar surface area (TPSA) is 67.2 Å². The summed E-state index contributed by atoms with van der Waals surface area (Å²) in [6, 6.07) is 6.64. The van der Waals surface area contributed by atoms with Crippen molar-refractivity contribution in [2.45, 2.75) is 0 Å². The van der Waals surface area contributed by atoms with E-state index in [1.807, 2.05) is 0 Å². The second-order valence-electron chi connectivity index (χ2n) is 2.93.